The number of nitrogens with zero attached hydrogens (tertiary/aromatic N) is 3. The van der Waals surface area contributed by atoms with Gasteiger partial charge in [0.15, 0.2) is 5.82 Å². The molecule has 2 aromatic rings. The van der Waals surface area contributed by atoms with Gasteiger partial charge in [-0.3, -0.25) is 9.89 Å². The van der Waals surface area contributed by atoms with Crippen molar-refractivity contribution in [1.29, 1.82) is 0 Å². The zero-order valence-corrected chi connectivity index (χ0v) is 14.5. The number of rotatable bonds is 5. The van der Waals surface area contributed by atoms with Crippen LogP contribution in [0.1, 0.15) is 32.0 Å². The summed E-state index contributed by atoms with van der Waals surface area (Å²) in [5.41, 5.74) is 0.992. The normalized spacial score (nSPS) is 21.3. The fraction of sp³-hybridized carbons (Fsp3) is 0.500. The van der Waals surface area contributed by atoms with Gasteiger partial charge in [0.2, 0.25) is 5.91 Å². The molecule has 128 valence electrons. The van der Waals surface area contributed by atoms with Gasteiger partial charge in [-0.15, -0.1) is 0 Å². The zero-order valence-electron chi connectivity index (χ0n) is 14.5. The summed E-state index contributed by atoms with van der Waals surface area (Å²) in [5.74, 6) is 2.15. The molecule has 2 N–H and O–H groups in total. The minimum Gasteiger partial charge on any atom is -0.351 e. The first-order valence-corrected chi connectivity index (χ1v) is 8.48. The molecular formula is C18H25N5O. The Labute approximate surface area is 142 Å². The lowest BCUT2D eigenvalue weighted by Gasteiger charge is -2.18. The first-order valence-electron chi connectivity index (χ1n) is 8.48. The molecule has 0 saturated carbocycles. The Morgan fingerprint density at radius 1 is 1.33 bits per heavy atom. The molecule has 1 saturated heterocycles. The monoisotopic (exact) mass is 327 g/mol. The first-order chi connectivity index (χ1) is 11.5. The van der Waals surface area contributed by atoms with E-state index in [0.29, 0.717) is 18.2 Å². The summed E-state index contributed by atoms with van der Waals surface area (Å²) in [4.78, 5) is 19.0. The van der Waals surface area contributed by atoms with E-state index in [1.165, 1.54) is 0 Å². The molecule has 1 aromatic carbocycles. The van der Waals surface area contributed by atoms with Gasteiger partial charge in [0.05, 0.1) is 12.0 Å². The number of amides is 1. The number of nitrogens with one attached hydrogen (secondary N) is 2. The van der Waals surface area contributed by atoms with Crippen LogP contribution in [0.4, 0.5) is 0 Å². The van der Waals surface area contributed by atoms with Crippen molar-refractivity contribution in [2.24, 2.45) is 5.92 Å². The summed E-state index contributed by atoms with van der Waals surface area (Å²) >= 11 is 0. The van der Waals surface area contributed by atoms with Crippen molar-refractivity contribution >= 4 is 5.91 Å². The van der Waals surface area contributed by atoms with E-state index in [9.17, 15) is 4.79 Å². The Hall–Kier alpha value is -2.21. The van der Waals surface area contributed by atoms with Gasteiger partial charge in [-0.2, -0.15) is 5.10 Å². The van der Waals surface area contributed by atoms with Crippen molar-refractivity contribution in [3.05, 3.63) is 36.2 Å². The van der Waals surface area contributed by atoms with E-state index in [2.05, 4.69) is 46.3 Å². The van der Waals surface area contributed by atoms with Crippen molar-refractivity contribution in [2.45, 2.75) is 32.2 Å². The van der Waals surface area contributed by atoms with E-state index < -0.39 is 0 Å². The van der Waals surface area contributed by atoms with Crippen LogP contribution in [0.25, 0.3) is 11.4 Å². The summed E-state index contributed by atoms with van der Waals surface area (Å²) in [6.45, 7) is 5.80. The lowest BCUT2D eigenvalue weighted by molar-refractivity contribution is -0.122. The maximum Gasteiger partial charge on any atom is 0.220 e. The Balaban J connectivity index is 1.74. The van der Waals surface area contributed by atoms with E-state index in [4.69, 9.17) is 0 Å². The molecule has 6 nitrogen and oxygen atoms in total. The highest BCUT2D eigenvalue weighted by atomic mass is 16.1. The smallest absolute Gasteiger partial charge is 0.220 e. The Morgan fingerprint density at radius 2 is 2.08 bits per heavy atom. The number of aromatic nitrogens is 3. The van der Waals surface area contributed by atoms with E-state index >= 15 is 0 Å². The van der Waals surface area contributed by atoms with Gasteiger partial charge < -0.3 is 10.2 Å². The number of benzene rings is 1. The average molecular weight is 327 g/mol. The standard InChI is InChI=1S/C18H25N5O/c1-12(2)9-16(24)19-15-11-23(3)10-14(15)18-20-17(21-22-18)13-7-5-4-6-8-13/h4-8,12,14-15H,9-11H2,1-3H3,(H,19,24)(H,20,21,22)/t14-,15-/m1/s1. The van der Waals surface area contributed by atoms with Gasteiger partial charge in [0.25, 0.3) is 0 Å². The lowest BCUT2D eigenvalue weighted by atomic mass is 10.0. The number of likely N-dealkylation sites (N-methyl/N-ethyl adjacent to an activating group) is 1. The number of likely N-dealkylation sites (tertiary alicyclic amines) is 1. The van der Waals surface area contributed by atoms with Gasteiger partial charge in [0, 0.05) is 25.1 Å². The molecule has 0 bridgehead atoms. The van der Waals surface area contributed by atoms with Crippen molar-refractivity contribution in [2.75, 3.05) is 20.1 Å². The van der Waals surface area contributed by atoms with Crippen LogP contribution >= 0.6 is 0 Å². The van der Waals surface area contributed by atoms with Crippen LogP contribution in [-0.4, -0.2) is 52.2 Å². The predicted octanol–water partition coefficient (Wildman–Crippen LogP) is 2.03. The second kappa shape index (κ2) is 7.13. The van der Waals surface area contributed by atoms with Gasteiger partial charge in [-0.25, -0.2) is 4.98 Å². The Morgan fingerprint density at radius 3 is 2.79 bits per heavy atom. The van der Waals surface area contributed by atoms with E-state index in [0.717, 1.165) is 24.5 Å². The van der Waals surface area contributed by atoms with Crippen LogP contribution in [0.2, 0.25) is 0 Å². The van der Waals surface area contributed by atoms with Gasteiger partial charge in [-0.1, -0.05) is 44.2 Å². The molecule has 0 spiro atoms. The molecular weight excluding hydrogens is 302 g/mol. The van der Waals surface area contributed by atoms with Crippen LogP contribution in [0.15, 0.2) is 30.3 Å². The fourth-order valence-electron chi connectivity index (χ4n) is 3.22. The molecule has 1 fully saturated rings. The number of H-pyrrole nitrogens is 1. The summed E-state index contributed by atoms with van der Waals surface area (Å²) in [6, 6.07) is 9.99. The number of aromatic amines is 1. The molecule has 1 amide bonds. The minimum atomic E-state index is 0.0674. The Kier molecular flexibility index (Phi) is 4.94. The maximum absolute atomic E-state index is 12.1. The quantitative estimate of drug-likeness (QED) is 0.881. The molecule has 0 radical (unpaired) electrons. The van der Waals surface area contributed by atoms with E-state index in [-0.39, 0.29) is 17.9 Å². The second-order valence-electron chi connectivity index (χ2n) is 7.01. The average Bonchev–Trinajstić information content (AvgIpc) is 3.14. The van der Waals surface area contributed by atoms with Crippen molar-refractivity contribution in [1.82, 2.24) is 25.4 Å². The molecule has 1 aliphatic heterocycles. The van der Waals surface area contributed by atoms with Crippen molar-refractivity contribution < 1.29 is 4.79 Å². The lowest BCUT2D eigenvalue weighted by Crippen LogP contribution is -2.40. The highest BCUT2D eigenvalue weighted by molar-refractivity contribution is 5.76. The molecule has 3 rings (SSSR count). The highest BCUT2D eigenvalue weighted by Crippen LogP contribution is 2.26. The fourth-order valence-corrected chi connectivity index (χ4v) is 3.22. The summed E-state index contributed by atoms with van der Waals surface area (Å²) in [5, 5.41) is 10.6. The first kappa shape index (κ1) is 16.6. The molecule has 0 aliphatic carbocycles. The summed E-state index contributed by atoms with van der Waals surface area (Å²) in [6.07, 6.45) is 0.554. The number of carbonyl (C=O) groups is 1. The van der Waals surface area contributed by atoms with Crippen molar-refractivity contribution in [3.63, 3.8) is 0 Å². The molecule has 0 unspecified atom stereocenters. The highest BCUT2D eigenvalue weighted by Gasteiger charge is 2.35. The molecule has 24 heavy (non-hydrogen) atoms. The third-order valence-corrected chi connectivity index (χ3v) is 4.33. The Bertz CT molecular complexity index is 682. The number of hydrogen-bond acceptors (Lipinski definition) is 4. The third kappa shape index (κ3) is 3.82. The zero-order chi connectivity index (χ0) is 17.1. The predicted molar refractivity (Wildman–Crippen MR) is 93.4 cm³/mol. The number of carbonyl (C=O) groups excluding carboxylic acids is 1. The van der Waals surface area contributed by atoms with E-state index in [1.54, 1.807) is 0 Å². The van der Waals surface area contributed by atoms with Crippen LogP contribution in [0.3, 0.4) is 0 Å². The second-order valence-corrected chi connectivity index (χ2v) is 7.01. The number of hydrogen-bond donors (Lipinski definition) is 2. The van der Waals surface area contributed by atoms with Crippen LogP contribution in [0.5, 0.6) is 0 Å². The van der Waals surface area contributed by atoms with Crippen molar-refractivity contribution in [3.8, 4) is 11.4 Å². The molecule has 2 heterocycles. The molecule has 2 atom stereocenters. The maximum atomic E-state index is 12.1. The van der Waals surface area contributed by atoms with Gasteiger partial charge in [-0.05, 0) is 13.0 Å². The third-order valence-electron chi connectivity index (χ3n) is 4.33. The van der Waals surface area contributed by atoms with Gasteiger partial charge >= 0.3 is 0 Å². The minimum absolute atomic E-state index is 0.0674. The van der Waals surface area contributed by atoms with Crippen LogP contribution < -0.4 is 5.32 Å². The van der Waals surface area contributed by atoms with Gasteiger partial charge in [0.1, 0.15) is 5.82 Å². The molecule has 6 heteroatoms. The SMILES string of the molecule is CC(C)CC(=O)N[C@@H]1CN(C)C[C@H]1c1nc(-c2ccccc2)n[nH]1. The van der Waals surface area contributed by atoms with Crippen LogP contribution in [-0.2, 0) is 4.79 Å². The van der Waals surface area contributed by atoms with E-state index in [1.807, 2.05) is 30.3 Å². The molecule has 1 aromatic heterocycles. The van der Waals surface area contributed by atoms with Crippen LogP contribution in [0, 0.1) is 5.92 Å². The molecule has 1 aliphatic rings. The topological polar surface area (TPSA) is 73.9 Å². The summed E-state index contributed by atoms with van der Waals surface area (Å²) < 4.78 is 0. The summed E-state index contributed by atoms with van der Waals surface area (Å²) in [7, 11) is 2.07. The largest absolute Gasteiger partial charge is 0.351 e.